The summed E-state index contributed by atoms with van der Waals surface area (Å²) in [4.78, 5) is 11.1. The van der Waals surface area contributed by atoms with E-state index in [0.717, 1.165) is 38.5 Å². The highest BCUT2D eigenvalue weighted by atomic mass is 16.4. The zero-order valence-electron chi connectivity index (χ0n) is 17.9. The van der Waals surface area contributed by atoms with Crippen LogP contribution in [0.15, 0.2) is 0 Å². The van der Waals surface area contributed by atoms with Gasteiger partial charge >= 0.3 is 5.97 Å². The van der Waals surface area contributed by atoms with Gasteiger partial charge in [0.25, 0.3) is 0 Å². The van der Waals surface area contributed by atoms with Crippen molar-refractivity contribution in [2.45, 2.75) is 97.2 Å². The van der Waals surface area contributed by atoms with Crippen LogP contribution in [0, 0.1) is 46.3 Å². The smallest absolute Gasteiger partial charge is 0.303 e. The summed E-state index contributed by atoms with van der Waals surface area (Å²) in [5, 5.41) is 30.8. The molecule has 5 unspecified atom stereocenters. The monoisotopic (exact) mass is 392 g/mol. The van der Waals surface area contributed by atoms with E-state index >= 15 is 0 Å². The number of aliphatic hydroxyl groups excluding tert-OH is 2. The Bertz CT molecular complexity index is 605. The van der Waals surface area contributed by atoms with Crippen molar-refractivity contribution in [3.05, 3.63) is 0 Å². The molecule has 4 fully saturated rings. The van der Waals surface area contributed by atoms with Crippen LogP contribution in [0.5, 0.6) is 0 Å². The average molecular weight is 393 g/mol. The summed E-state index contributed by atoms with van der Waals surface area (Å²) >= 11 is 0. The molecule has 0 bridgehead atoms. The summed E-state index contributed by atoms with van der Waals surface area (Å²) in [6.45, 7) is 6.99. The van der Waals surface area contributed by atoms with Gasteiger partial charge in [-0.3, -0.25) is 4.79 Å². The van der Waals surface area contributed by atoms with Crippen LogP contribution in [-0.4, -0.2) is 33.5 Å². The van der Waals surface area contributed by atoms with Crippen LogP contribution in [0.1, 0.15) is 85.0 Å². The zero-order chi connectivity index (χ0) is 20.3. The molecular weight excluding hydrogens is 352 g/mol. The van der Waals surface area contributed by atoms with E-state index in [1.54, 1.807) is 0 Å². The number of fused-ring (bicyclic) bond motifs is 5. The number of carboxylic acids is 1. The van der Waals surface area contributed by atoms with Crippen LogP contribution in [0.3, 0.4) is 0 Å². The molecule has 28 heavy (non-hydrogen) atoms. The van der Waals surface area contributed by atoms with Crippen LogP contribution in [-0.2, 0) is 4.79 Å². The van der Waals surface area contributed by atoms with Crippen molar-refractivity contribution in [3.63, 3.8) is 0 Å². The minimum Gasteiger partial charge on any atom is -0.481 e. The van der Waals surface area contributed by atoms with Gasteiger partial charge in [0.05, 0.1) is 12.2 Å². The summed E-state index contributed by atoms with van der Waals surface area (Å²) < 4.78 is 0. The van der Waals surface area contributed by atoms with Gasteiger partial charge in [-0.2, -0.15) is 0 Å². The van der Waals surface area contributed by atoms with E-state index in [9.17, 15) is 15.0 Å². The first-order valence-electron chi connectivity index (χ1n) is 11.8. The highest BCUT2D eigenvalue weighted by Gasteiger charge is 2.63. The number of aliphatic carboxylic acids is 1. The van der Waals surface area contributed by atoms with E-state index in [-0.39, 0.29) is 29.5 Å². The minimum absolute atomic E-state index is 0.0591. The predicted octanol–water partition coefficient (Wildman–Crippen LogP) is 4.48. The normalized spacial score (nSPS) is 51.7. The maximum Gasteiger partial charge on any atom is 0.303 e. The highest BCUT2D eigenvalue weighted by Crippen LogP contribution is 2.68. The third-order valence-corrected chi connectivity index (χ3v) is 10.3. The maximum atomic E-state index is 11.5. The van der Waals surface area contributed by atoms with Gasteiger partial charge in [0.2, 0.25) is 0 Å². The fourth-order valence-corrected chi connectivity index (χ4v) is 8.71. The van der Waals surface area contributed by atoms with E-state index in [1.165, 1.54) is 19.3 Å². The van der Waals surface area contributed by atoms with Crippen molar-refractivity contribution in [2.24, 2.45) is 46.3 Å². The molecule has 4 nitrogen and oxygen atoms in total. The molecule has 3 N–H and O–H groups in total. The average Bonchev–Trinajstić information content (AvgIpc) is 3.00. The van der Waals surface area contributed by atoms with Gasteiger partial charge < -0.3 is 15.3 Å². The second kappa shape index (κ2) is 7.27. The van der Waals surface area contributed by atoms with Crippen molar-refractivity contribution >= 4 is 5.97 Å². The molecule has 0 spiro atoms. The van der Waals surface area contributed by atoms with Gasteiger partial charge in [0.1, 0.15) is 0 Å². The van der Waals surface area contributed by atoms with Crippen molar-refractivity contribution in [3.8, 4) is 0 Å². The van der Waals surface area contributed by atoms with Crippen LogP contribution >= 0.6 is 0 Å². The van der Waals surface area contributed by atoms with E-state index in [1.807, 2.05) is 0 Å². The molecule has 0 aromatic heterocycles. The molecule has 0 heterocycles. The second-order valence-electron chi connectivity index (χ2n) is 11.3. The van der Waals surface area contributed by atoms with Gasteiger partial charge in [-0.1, -0.05) is 20.8 Å². The minimum atomic E-state index is -0.707. The highest BCUT2D eigenvalue weighted by molar-refractivity contribution is 5.66. The molecule has 0 aliphatic heterocycles. The van der Waals surface area contributed by atoms with Gasteiger partial charge in [-0.05, 0) is 104 Å². The van der Waals surface area contributed by atoms with Crippen LogP contribution < -0.4 is 0 Å². The molecule has 4 saturated carbocycles. The Morgan fingerprint density at radius 1 is 1.04 bits per heavy atom. The lowest BCUT2D eigenvalue weighted by Gasteiger charge is -2.62. The molecule has 0 amide bonds. The molecule has 4 rings (SSSR count). The maximum absolute atomic E-state index is 11.5. The summed E-state index contributed by atoms with van der Waals surface area (Å²) in [5.41, 5.74) is 0.216. The van der Waals surface area contributed by atoms with Crippen molar-refractivity contribution in [2.75, 3.05) is 0 Å². The first-order valence-corrected chi connectivity index (χ1v) is 11.8. The van der Waals surface area contributed by atoms with Gasteiger partial charge in [0.15, 0.2) is 0 Å². The summed E-state index contributed by atoms with van der Waals surface area (Å²) in [6.07, 6.45) is 9.26. The molecule has 0 aromatic rings. The first-order chi connectivity index (χ1) is 13.2. The quantitative estimate of drug-likeness (QED) is 0.659. The lowest BCUT2D eigenvalue weighted by atomic mass is 9.43. The number of rotatable bonds is 4. The predicted molar refractivity (Wildman–Crippen MR) is 109 cm³/mol. The van der Waals surface area contributed by atoms with Crippen LogP contribution in [0.4, 0.5) is 0 Å². The molecule has 4 aliphatic rings. The molecule has 4 aliphatic carbocycles. The fraction of sp³-hybridized carbons (Fsp3) is 0.958. The van der Waals surface area contributed by atoms with Crippen molar-refractivity contribution < 1.29 is 20.1 Å². The lowest BCUT2D eigenvalue weighted by molar-refractivity contribution is -0.175. The molecule has 4 heteroatoms. The molecule has 160 valence electrons. The molecular formula is C24H40O4. The Morgan fingerprint density at radius 3 is 2.50 bits per heavy atom. The van der Waals surface area contributed by atoms with E-state index < -0.39 is 5.97 Å². The fourth-order valence-electron chi connectivity index (χ4n) is 8.71. The second-order valence-corrected chi connectivity index (χ2v) is 11.3. The molecule has 0 radical (unpaired) electrons. The number of hydrogen-bond donors (Lipinski definition) is 3. The van der Waals surface area contributed by atoms with Gasteiger partial charge in [-0.15, -0.1) is 0 Å². The number of carboxylic acid groups (broad SMARTS) is 1. The lowest BCUT2D eigenvalue weighted by Crippen LogP contribution is -2.58. The van der Waals surface area contributed by atoms with Crippen molar-refractivity contribution in [1.82, 2.24) is 0 Å². The summed E-state index contributed by atoms with van der Waals surface area (Å²) in [5.74, 6) is 2.55. The number of aliphatic hydroxyl groups is 2. The van der Waals surface area contributed by atoms with Gasteiger partial charge in [0, 0.05) is 6.42 Å². The first kappa shape index (κ1) is 20.7. The van der Waals surface area contributed by atoms with Gasteiger partial charge in [-0.25, -0.2) is 0 Å². The zero-order valence-corrected chi connectivity index (χ0v) is 17.9. The van der Waals surface area contributed by atoms with Crippen LogP contribution in [0.25, 0.3) is 0 Å². The Kier molecular flexibility index (Phi) is 5.36. The molecule has 0 saturated heterocycles. The van der Waals surface area contributed by atoms with Crippen molar-refractivity contribution in [1.29, 1.82) is 0 Å². The largest absolute Gasteiger partial charge is 0.481 e. The Labute approximate surface area is 170 Å². The number of hydrogen-bond acceptors (Lipinski definition) is 3. The summed E-state index contributed by atoms with van der Waals surface area (Å²) in [6, 6.07) is 0. The van der Waals surface area contributed by atoms with E-state index in [4.69, 9.17) is 5.11 Å². The Balaban J connectivity index is 1.56. The Morgan fingerprint density at radius 2 is 1.79 bits per heavy atom. The molecule has 10 atom stereocenters. The standard InChI is InChI=1S/C24H40O4/c1-14(4-9-22(27)28)18-7-8-19-17-6-5-15-12-16(25)10-11-23(15,2)20(17)13-21(26)24(18,19)3/h14-21,25-26H,4-13H2,1-3H3,(H,27,28)/t14?,15?,16-,17?,18-,19?,20?,21+,23+,24-/m1/s1. The third-order valence-electron chi connectivity index (χ3n) is 10.3. The summed E-state index contributed by atoms with van der Waals surface area (Å²) in [7, 11) is 0. The topological polar surface area (TPSA) is 77.8 Å². The van der Waals surface area contributed by atoms with Crippen LogP contribution in [0.2, 0.25) is 0 Å². The SMILES string of the molecule is CC(CCC(=O)O)[C@H]1CCC2C3CCC4C[C@H](O)CC[C@]4(C)C3C[C@H](O)[C@@]21C. The van der Waals surface area contributed by atoms with E-state index in [2.05, 4.69) is 20.8 Å². The third kappa shape index (κ3) is 3.05. The molecule has 0 aromatic carbocycles. The Hall–Kier alpha value is -0.610. The number of carbonyl (C=O) groups is 1. The van der Waals surface area contributed by atoms with E-state index in [0.29, 0.717) is 35.5 Å².